The number of nitrogens with zero attached hydrogens (tertiary/aromatic N) is 2. The van der Waals surface area contributed by atoms with E-state index in [2.05, 4.69) is 27.4 Å². The SMILES string of the molecule is C=C(/C=C(\C=C/C)NC(=S)N/N=C(\C)c1cccc(Oc2ccnc3ccccc23)c1)C(F)(F)F. The predicted molar refractivity (Wildman–Crippen MR) is 137 cm³/mol. The molecule has 0 radical (unpaired) electrons. The van der Waals surface area contributed by atoms with Crippen LogP contribution in [0.2, 0.25) is 0 Å². The van der Waals surface area contributed by atoms with E-state index in [4.69, 9.17) is 17.0 Å². The van der Waals surface area contributed by atoms with E-state index in [0.29, 0.717) is 17.2 Å². The molecule has 0 unspecified atom stereocenters. The average Bonchev–Trinajstić information content (AvgIpc) is 2.82. The number of allylic oxidation sites excluding steroid dienone is 4. The average molecular weight is 497 g/mol. The summed E-state index contributed by atoms with van der Waals surface area (Å²) in [6, 6.07) is 16.8. The molecule has 0 aliphatic carbocycles. The molecule has 35 heavy (non-hydrogen) atoms. The van der Waals surface area contributed by atoms with Crippen LogP contribution in [0.1, 0.15) is 19.4 Å². The first-order chi connectivity index (χ1) is 16.7. The fraction of sp³-hybridized carbons (Fsp3) is 0.115. The Labute approximate surface area is 206 Å². The highest BCUT2D eigenvalue weighted by Gasteiger charge is 2.30. The van der Waals surface area contributed by atoms with Gasteiger partial charge >= 0.3 is 6.18 Å². The second kappa shape index (κ2) is 11.4. The Morgan fingerprint density at radius 3 is 2.66 bits per heavy atom. The first kappa shape index (κ1) is 25.6. The summed E-state index contributed by atoms with van der Waals surface area (Å²) in [5.41, 5.74) is 3.96. The van der Waals surface area contributed by atoms with Gasteiger partial charge in [0.05, 0.1) is 16.8 Å². The van der Waals surface area contributed by atoms with E-state index in [-0.39, 0.29) is 10.8 Å². The zero-order chi connectivity index (χ0) is 25.4. The maximum Gasteiger partial charge on any atom is 0.415 e. The molecule has 1 aromatic heterocycles. The minimum Gasteiger partial charge on any atom is -0.457 e. The van der Waals surface area contributed by atoms with Gasteiger partial charge in [-0.05, 0) is 68.5 Å². The number of thiocarbonyl (C=S) groups is 1. The van der Waals surface area contributed by atoms with Crippen LogP contribution in [-0.4, -0.2) is 22.0 Å². The van der Waals surface area contributed by atoms with E-state index < -0.39 is 11.7 Å². The highest BCUT2D eigenvalue weighted by Crippen LogP contribution is 2.29. The Kier molecular flexibility index (Phi) is 8.38. The molecule has 3 aromatic rings. The molecular formula is C26H23F3N4OS. The number of pyridine rings is 1. The number of aromatic nitrogens is 1. The van der Waals surface area contributed by atoms with Crippen LogP contribution in [-0.2, 0) is 0 Å². The molecule has 2 N–H and O–H groups in total. The number of fused-ring (bicyclic) bond motifs is 1. The summed E-state index contributed by atoms with van der Waals surface area (Å²) in [6.45, 7) is 6.49. The van der Waals surface area contributed by atoms with Crippen molar-refractivity contribution in [3.63, 3.8) is 0 Å². The van der Waals surface area contributed by atoms with Crippen LogP contribution in [0.25, 0.3) is 10.9 Å². The van der Waals surface area contributed by atoms with Crippen molar-refractivity contribution in [1.29, 1.82) is 0 Å². The lowest BCUT2D eigenvalue weighted by molar-refractivity contribution is -0.0878. The third-order valence-electron chi connectivity index (χ3n) is 4.71. The lowest BCUT2D eigenvalue weighted by Crippen LogP contribution is -2.32. The molecule has 3 rings (SSSR count). The Balaban J connectivity index is 1.71. The molecule has 0 atom stereocenters. The molecule has 0 saturated heterocycles. The van der Waals surface area contributed by atoms with Crippen molar-refractivity contribution < 1.29 is 17.9 Å². The molecule has 0 fully saturated rings. The second-order valence-corrected chi connectivity index (χ2v) is 7.75. The smallest absolute Gasteiger partial charge is 0.415 e. The number of para-hydroxylation sites is 1. The lowest BCUT2D eigenvalue weighted by Gasteiger charge is -2.12. The number of halogens is 3. The van der Waals surface area contributed by atoms with Crippen LogP contribution in [0, 0.1) is 0 Å². The first-order valence-electron chi connectivity index (χ1n) is 10.5. The van der Waals surface area contributed by atoms with Gasteiger partial charge in [-0.3, -0.25) is 10.4 Å². The maximum absolute atomic E-state index is 12.8. The van der Waals surface area contributed by atoms with E-state index >= 15 is 0 Å². The van der Waals surface area contributed by atoms with Gasteiger partial charge in [0.2, 0.25) is 0 Å². The maximum atomic E-state index is 12.8. The third-order valence-corrected chi connectivity index (χ3v) is 4.91. The normalized spacial score (nSPS) is 12.6. The van der Waals surface area contributed by atoms with Gasteiger partial charge in [0.1, 0.15) is 11.5 Å². The van der Waals surface area contributed by atoms with Gasteiger partial charge in [0.15, 0.2) is 5.11 Å². The summed E-state index contributed by atoms with van der Waals surface area (Å²) in [7, 11) is 0. The van der Waals surface area contributed by atoms with Crippen molar-refractivity contribution in [2.75, 3.05) is 0 Å². The van der Waals surface area contributed by atoms with Crippen LogP contribution < -0.4 is 15.5 Å². The topological polar surface area (TPSA) is 58.5 Å². The van der Waals surface area contributed by atoms with Gasteiger partial charge in [-0.15, -0.1) is 0 Å². The Hall–Kier alpha value is -3.98. The molecule has 9 heteroatoms. The predicted octanol–water partition coefficient (Wildman–Crippen LogP) is 6.79. The van der Waals surface area contributed by atoms with Crippen molar-refractivity contribution in [2.45, 2.75) is 20.0 Å². The van der Waals surface area contributed by atoms with Crippen LogP contribution in [0.4, 0.5) is 13.2 Å². The molecule has 5 nitrogen and oxygen atoms in total. The fourth-order valence-electron chi connectivity index (χ4n) is 3.00. The van der Waals surface area contributed by atoms with Crippen molar-refractivity contribution in [2.24, 2.45) is 5.10 Å². The number of ether oxygens (including phenoxy) is 1. The van der Waals surface area contributed by atoms with Crippen molar-refractivity contribution in [3.8, 4) is 11.5 Å². The van der Waals surface area contributed by atoms with E-state index in [1.54, 1.807) is 32.2 Å². The number of hydrazone groups is 1. The monoisotopic (exact) mass is 496 g/mol. The van der Waals surface area contributed by atoms with Gasteiger partial charge < -0.3 is 10.1 Å². The van der Waals surface area contributed by atoms with Crippen molar-refractivity contribution >= 4 is 33.9 Å². The number of alkyl halides is 3. The molecule has 0 bridgehead atoms. The van der Waals surface area contributed by atoms with Gasteiger partial charge in [-0.2, -0.15) is 18.3 Å². The zero-order valence-electron chi connectivity index (χ0n) is 19.1. The minimum absolute atomic E-state index is 0.0272. The summed E-state index contributed by atoms with van der Waals surface area (Å²) in [4.78, 5) is 4.34. The molecule has 0 aliphatic rings. The molecule has 2 aromatic carbocycles. The molecule has 180 valence electrons. The lowest BCUT2D eigenvalue weighted by atomic mass is 10.1. The zero-order valence-corrected chi connectivity index (χ0v) is 19.9. The minimum atomic E-state index is -4.53. The fourth-order valence-corrected chi connectivity index (χ4v) is 3.17. The number of nitrogens with one attached hydrogen (secondary N) is 2. The summed E-state index contributed by atoms with van der Waals surface area (Å²) >= 11 is 5.17. The number of hydrogen-bond acceptors (Lipinski definition) is 4. The highest BCUT2D eigenvalue weighted by molar-refractivity contribution is 7.80. The second-order valence-electron chi connectivity index (χ2n) is 7.34. The molecular weight excluding hydrogens is 473 g/mol. The molecule has 0 saturated carbocycles. The standard InChI is InChI=1S/C26H23F3N4OS/c1-4-8-20(15-17(2)26(27,28)29)31-25(35)33-32-18(3)19-9-7-10-21(16-19)34-24-13-14-30-23-12-6-5-11-22(23)24/h4-16H,2H2,1,3H3,(H2,31,33,35)/b8-4-,20-15+,32-18+. The Bertz CT molecular complexity index is 1320. The molecule has 0 aliphatic heterocycles. The Morgan fingerprint density at radius 2 is 1.91 bits per heavy atom. The Morgan fingerprint density at radius 1 is 1.14 bits per heavy atom. The number of rotatable bonds is 7. The summed E-state index contributed by atoms with van der Waals surface area (Å²) < 4.78 is 44.5. The van der Waals surface area contributed by atoms with Gasteiger partial charge in [0, 0.05) is 22.8 Å². The number of hydrogen-bond donors (Lipinski definition) is 2. The summed E-state index contributed by atoms with van der Waals surface area (Å²) in [5.74, 6) is 1.28. The summed E-state index contributed by atoms with van der Waals surface area (Å²) in [5, 5.41) is 7.84. The van der Waals surface area contributed by atoms with E-state index in [1.165, 1.54) is 6.08 Å². The first-order valence-corrected chi connectivity index (χ1v) is 10.9. The van der Waals surface area contributed by atoms with Crippen molar-refractivity contribution in [3.05, 3.63) is 102 Å². The van der Waals surface area contributed by atoms with Crippen molar-refractivity contribution in [1.82, 2.24) is 15.7 Å². The largest absolute Gasteiger partial charge is 0.457 e. The highest BCUT2D eigenvalue weighted by atomic mass is 32.1. The van der Waals surface area contributed by atoms with Crippen LogP contribution >= 0.6 is 12.2 Å². The van der Waals surface area contributed by atoms with E-state index in [1.807, 2.05) is 48.5 Å². The van der Waals surface area contributed by atoms with Gasteiger partial charge in [0.25, 0.3) is 0 Å². The van der Waals surface area contributed by atoms with E-state index in [9.17, 15) is 13.2 Å². The van der Waals surface area contributed by atoms with Gasteiger partial charge in [-0.25, -0.2) is 0 Å². The quantitative estimate of drug-likeness (QED) is 0.163. The van der Waals surface area contributed by atoms with Crippen LogP contribution in [0.3, 0.4) is 0 Å². The molecule has 1 heterocycles. The molecule has 0 amide bonds. The molecule has 0 spiro atoms. The van der Waals surface area contributed by atoms with Crippen LogP contribution in [0.15, 0.2) is 102 Å². The van der Waals surface area contributed by atoms with E-state index in [0.717, 1.165) is 22.5 Å². The number of benzene rings is 2. The van der Waals surface area contributed by atoms with Crippen LogP contribution in [0.5, 0.6) is 11.5 Å². The third kappa shape index (κ3) is 7.25. The van der Waals surface area contributed by atoms with Gasteiger partial charge in [-0.1, -0.05) is 36.9 Å². The summed E-state index contributed by atoms with van der Waals surface area (Å²) in [6.07, 6.45) is 1.05.